The summed E-state index contributed by atoms with van der Waals surface area (Å²) in [6.45, 7) is 2.12. The Bertz CT molecular complexity index is 1510. The Morgan fingerprint density at radius 2 is 1.57 bits per heavy atom. The van der Waals surface area contributed by atoms with Crippen LogP contribution in [-0.2, 0) is 14.8 Å². The minimum atomic E-state index is -3.59. The second-order valence-electron chi connectivity index (χ2n) is 8.56. The molecule has 0 aliphatic carbocycles. The molecular formula is C25H22N4O6S2. The third kappa shape index (κ3) is 4.54. The largest absolute Gasteiger partial charge is 0.336 e. The first kappa shape index (κ1) is 24.8. The number of imide groups is 1. The van der Waals surface area contributed by atoms with E-state index in [1.165, 1.54) is 29.4 Å². The van der Waals surface area contributed by atoms with E-state index in [9.17, 15) is 27.6 Å². The van der Waals surface area contributed by atoms with Gasteiger partial charge in [-0.1, -0.05) is 6.07 Å². The van der Waals surface area contributed by atoms with E-state index in [0.717, 1.165) is 16.2 Å². The molecule has 2 aromatic carbocycles. The number of benzene rings is 2. The Labute approximate surface area is 217 Å². The van der Waals surface area contributed by atoms with Gasteiger partial charge in [0.1, 0.15) is 4.21 Å². The Hall–Kier alpha value is -3.87. The average Bonchev–Trinajstić information content (AvgIpc) is 3.52. The lowest BCUT2D eigenvalue weighted by Gasteiger charge is -2.33. The van der Waals surface area contributed by atoms with Crippen LogP contribution >= 0.6 is 11.3 Å². The van der Waals surface area contributed by atoms with Gasteiger partial charge in [-0.25, -0.2) is 13.3 Å². The van der Waals surface area contributed by atoms with Crippen molar-refractivity contribution < 1.29 is 27.6 Å². The van der Waals surface area contributed by atoms with Gasteiger partial charge in [-0.05, 0) is 53.9 Å². The number of amides is 4. The van der Waals surface area contributed by atoms with Crippen molar-refractivity contribution >= 4 is 56.4 Å². The van der Waals surface area contributed by atoms with E-state index in [1.807, 2.05) is 0 Å². The standard InChI is InChI=1S/C25H22N4O6S2/c1-16(30)26-18-5-7-19(8-6-18)29-24(32)20-9-4-17(15-21(20)25(29)33)23(31)27-10-12-28(13-11-27)37(34,35)22-3-2-14-36-22/h2-9,14-15H,10-13H2,1H3,(H,26,30). The summed E-state index contributed by atoms with van der Waals surface area (Å²) in [6, 6.07) is 13.9. The number of hydrogen-bond acceptors (Lipinski definition) is 7. The van der Waals surface area contributed by atoms with Gasteiger partial charge in [0, 0.05) is 44.4 Å². The van der Waals surface area contributed by atoms with Crippen LogP contribution < -0.4 is 10.2 Å². The fourth-order valence-corrected chi connectivity index (χ4v) is 6.92. The van der Waals surface area contributed by atoms with Gasteiger partial charge in [0.15, 0.2) is 0 Å². The highest BCUT2D eigenvalue weighted by atomic mass is 32.2. The van der Waals surface area contributed by atoms with Gasteiger partial charge < -0.3 is 10.2 Å². The molecule has 4 amide bonds. The first-order chi connectivity index (χ1) is 17.7. The maximum Gasteiger partial charge on any atom is 0.266 e. The first-order valence-corrected chi connectivity index (χ1v) is 13.7. The minimum Gasteiger partial charge on any atom is -0.336 e. The molecule has 1 fully saturated rings. The highest BCUT2D eigenvalue weighted by Crippen LogP contribution is 2.30. The molecule has 0 radical (unpaired) electrons. The molecule has 0 unspecified atom stereocenters. The van der Waals surface area contributed by atoms with E-state index in [4.69, 9.17) is 0 Å². The molecule has 3 heterocycles. The molecule has 1 aromatic heterocycles. The normalized spacial score (nSPS) is 16.1. The van der Waals surface area contributed by atoms with Crippen molar-refractivity contribution in [3.63, 3.8) is 0 Å². The second-order valence-corrected chi connectivity index (χ2v) is 11.7. The molecular weight excluding hydrogens is 516 g/mol. The summed E-state index contributed by atoms with van der Waals surface area (Å²) in [4.78, 5) is 53.1. The van der Waals surface area contributed by atoms with E-state index in [2.05, 4.69) is 5.32 Å². The number of hydrogen-bond donors (Lipinski definition) is 1. The highest BCUT2D eigenvalue weighted by Gasteiger charge is 2.38. The molecule has 0 saturated carbocycles. The lowest BCUT2D eigenvalue weighted by Crippen LogP contribution is -2.50. The Balaban J connectivity index is 1.30. The van der Waals surface area contributed by atoms with Crippen molar-refractivity contribution in [1.29, 1.82) is 0 Å². The number of anilines is 2. The molecule has 2 aliphatic heterocycles. The molecule has 0 spiro atoms. The van der Waals surface area contributed by atoms with Crippen LogP contribution in [-0.4, -0.2) is 67.4 Å². The fourth-order valence-electron chi connectivity index (χ4n) is 4.36. The van der Waals surface area contributed by atoms with Crippen LogP contribution in [0.3, 0.4) is 0 Å². The number of carbonyl (C=O) groups is 4. The summed E-state index contributed by atoms with van der Waals surface area (Å²) in [5.41, 5.74) is 1.44. The summed E-state index contributed by atoms with van der Waals surface area (Å²) in [5, 5.41) is 4.33. The van der Waals surface area contributed by atoms with Gasteiger partial charge in [0.25, 0.3) is 27.7 Å². The van der Waals surface area contributed by atoms with E-state index in [1.54, 1.807) is 46.7 Å². The third-order valence-electron chi connectivity index (χ3n) is 6.19. The third-order valence-corrected chi connectivity index (χ3v) is 9.47. The fraction of sp³-hybridized carbons (Fsp3) is 0.200. The molecule has 0 bridgehead atoms. The number of fused-ring (bicyclic) bond motifs is 1. The van der Waals surface area contributed by atoms with Gasteiger partial charge in [-0.3, -0.25) is 19.2 Å². The maximum atomic E-state index is 13.2. The summed E-state index contributed by atoms with van der Waals surface area (Å²) < 4.78 is 27.1. The molecule has 190 valence electrons. The van der Waals surface area contributed by atoms with Gasteiger partial charge in [-0.2, -0.15) is 4.31 Å². The number of nitrogens with one attached hydrogen (secondary N) is 1. The monoisotopic (exact) mass is 538 g/mol. The predicted molar refractivity (Wildman–Crippen MR) is 137 cm³/mol. The Kier molecular flexibility index (Phi) is 6.40. The molecule has 2 aliphatic rings. The molecule has 12 heteroatoms. The molecule has 0 atom stereocenters. The SMILES string of the molecule is CC(=O)Nc1ccc(N2C(=O)c3ccc(C(=O)N4CCN(S(=O)(=O)c5cccs5)CC4)cc3C2=O)cc1. The zero-order valence-electron chi connectivity index (χ0n) is 19.7. The Morgan fingerprint density at radius 1 is 0.892 bits per heavy atom. The lowest BCUT2D eigenvalue weighted by molar-refractivity contribution is -0.114. The highest BCUT2D eigenvalue weighted by molar-refractivity contribution is 7.91. The van der Waals surface area contributed by atoms with E-state index >= 15 is 0 Å². The summed E-state index contributed by atoms with van der Waals surface area (Å²) in [5.74, 6) is -1.63. The zero-order valence-corrected chi connectivity index (χ0v) is 21.3. The van der Waals surface area contributed by atoms with Crippen molar-refractivity contribution in [1.82, 2.24) is 9.21 Å². The number of rotatable bonds is 5. The van der Waals surface area contributed by atoms with Gasteiger partial charge in [0.2, 0.25) is 5.91 Å². The lowest BCUT2D eigenvalue weighted by atomic mass is 10.0. The van der Waals surface area contributed by atoms with Crippen LogP contribution in [0.2, 0.25) is 0 Å². The van der Waals surface area contributed by atoms with Crippen LogP contribution in [0.1, 0.15) is 38.0 Å². The van der Waals surface area contributed by atoms with Crippen molar-refractivity contribution in [3.8, 4) is 0 Å². The van der Waals surface area contributed by atoms with Crippen LogP contribution in [0, 0.1) is 0 Å². The smallest absolute Gasteiger partial charge is 0.266 e. The zero-order chi connectivity index (χ0) is 26.3. The number of sulfonamides is 1. The molecule has 10 nitrogen and oxygen atoms in total. The van der Waals surface area contributed by atoms with Gasteiger partial charge in [-0.15, -0.1) is 11.3 Å². The summed E-state index contributed by atoms with van der Waals surface area (Å²) in [7, 11) is -3.59. The quantitative estimate of drug-likeness (QED) is 0.498. The van der Waals surface area contributed by atoms with Crippen molar-refractivity contribution in [2.45, 2.75) is 11.1 Å². The van der Waals surface area contributed by atoms with E-state index < -0.39 is 21.8 Å². The number of nitrogens with zero attached hydrogens (tertiary/aromatic N) is 3. The second kappa shape index (κ2) is 9.54. The summed E-state index contributed by atoms with van der Waals surface area (Å²) in [6.07, 6.45) is 0. The van der Waals surface area contributed by atoms with Crippen LogP contribution in [0.5, 0.6) is 0 Å². The first-order valence-electron chi connectivity index (χ1n) is 11.4. The van der Waals surface area contributed by atoms with E-state index in [0.29, 0.717) is 11.4 Å². The molecule has 5 rings (SSSR count). The molecule has 1 saturated heterocycles. The Morgan fingerprint density at radius 3 is 2.19 bits per heavy atom. The summed E-state index contributed by atoms with van der Waals surface area (Å²) >= 11 is 1.15. The number of carbonyl (C=O) groups excluding carboxylic acids is 4. The topological polar surface area (TPSA) is 124 Å². The van der Waals surface area contributed by atoms with Crippen LogP contribution in [0.4, 0.5) is 11.4 Å². The minimum absolute atomic E-state index is 0.126. The number of thiophene rings is 1. The predicted octanol–water partition coefficient (Wildman–Crippen LogP) is 2.65. The number of piperazine rings is 1. The van der Waals surface area contributed by atoms with Gasteiger partial charge >= 0.3 is 0 Å². The van der Waals surface area contributed by atoms with Crippen LogP contribution in [0.25, 0.3) is 0 Å². The van der Waals surface area contributed by atoms with Crippen LogP contribution in [0.15, 0.2) is 64.2 Å². The van der Waals surface area contributed by atoms with Crippen molar-refractivity contribution in [2.75, 3.05) is 36.4 Å². The maximum absolute atomic E-state index is 13.2. The van der Waals surface area contributed by atoms with E-state index in [-0.39, 0.29) is 58.9 Å². The molecule has 37 heavy (non-hydrogen) atoms. The van der Waals surface area contributed by atoms with Crippen molar-refractivity contribution in [2.24, 2.45) is 0 Å². The average molecular weight is 539 g/mol. The molecule has 1 N–H and O–H groups in total. The van der Waals surface area contributed by atoms with Gasteiger partial charge in [0.05, 0.1) is 16.8 Å². The van der Waals surface area contributed by atoms with Crippen molar-refractivity contribution in [3.05, 3.63) is 76.7 Å². The molecule has 3 aromatic rings.